The van der Waals surface area contributed by atoms with Gasteiger partial charge in [-0.15, -0.1) is 0 Å². The summed E-state index contributed by atoms with van der Waals surface area (Å²) in [6.45, 7) is 0. The van der Waals surface area contributed by atoms with Gasteiger partial charge >= 0.3 is 0 Å². The fraction of sp³-hybridized carbons (Fsp3) is 0. The highest BCUT2D eigenvalue weighted by Crippen LogP contribution is 2.43. The van der Waals surface area contributed by atoms with Gasteiger partial charge in [0.2, 0.25) is 0 Å². The van der Waals surface area contributed by atoms with Crippen LogP contribution in [0.2, 0.25) is 0 Å². The van der Waals surface area contributed by atoms with E-state index in [1.165, 1.54) is 5.39 Å². The smallest absolute Gasteiger partial charge is 0.160 e. The maximum atomic E-state index is 7.03. The predicted molar refractivity (Wildman–Crippen MR) is 205 cm³/mol. The number of nitrogens with zero attached hydrogens (tertiary/aromatic N) is 3. The Labute approximate surface area is 288 Å². The van der Waals surface area contributed by atoms with Gasteiger partial charge in [-0.3, -0.25) is 0 Å². The van der Waals surface area contributed by atoms with Crippen molar-refractivity contribution < 1.29 is 4.42 Å². The van der Waals surface area contributed by atoms with Crippen molar-refractivity contribution in [2.75, 3.05) is 0 Å². The zero-order valence-electron chi connectivity index (χ0n) is 27.0. The summed E-state index contributed by atoms with van der Waals surface area (Å²) < 4.78 is 9.35. The van der Waals surface area contributed by atoms with Crippen molar-refractivity contribution in [3.8, 4) is 50.7 Å². The van der Waals surface area contributed by atoms with E-state index in [2.05, 4.69) is 156 Å². The van der Waals surface area contributed by atoms with Crippen molar-refractivity contribution in [2.45, 2.75) is 0 Å². The third-order valence-corrected chi connectivity index (χ3v) is 9.61. The highest BCUT2D eigenvalue weighted by atomic mass is 16.3. The lowest BCUT2D eigenvalue weighted by molar-refractivity contribution is 0.672. The van der Waals surface area contributed by atoms with Crippen molar-refractivity contribution in [2.24, 2.45) is 0 Å². The van der Waals surface area contributed by atoms with Gasteiger partial charge in [0, 0.05) is 43.9 Å². The summed E-state index contributed by atoms with van der Waals surface area (Å²) in [6, 6.07) is 61.2. The molecule has 0 spiro atoms. The Kier molecular flexibility index (Phi) is 6.46. The molecule has 0 bridgehead atoms. The largest absolute Gasteiger partial charge is 0.453 e. The van der Waals surface area contributed by atoms with Crippen LogP contribution < -0.4 is 0 Å². The lowest BCUT2D eigenvalue weighted by Gasteiger charge is -2.11. The quantitative estimate of drug-likeness (QED) is 0.188. The van der Waals surface area contributed by atoms with Crippen LogP contribution in [0, 0.1) is 0 Å². The van der Waals surface area contributed by atoms with Gasteiger partial charge in [-0.05, 0) is 53.6 Å². The number of para-hydroxylation sites is 3. The van der Waals surface area contributed by atoms with Crippen LogP contribution in [0.25, 0.3) is 94.5 Å². The summed E-state index contributed by atoms with van der Waals surface area (Å²) in [6.07, 6.45) is 0. The normalized spacial score (nSPS) is 11.6. The van der Waals surface area contributed by atoms with E-state index >= 15 is 0 Å². The molecular formula is C46H29N3O. The molecule has 4 nitrogen and oxygen atoms in total. The first-order valence-corrected chi connectivity index (χ1v) is 16.8. The van der Waals surface area contributed by atoms with Crippen LogP contribution in [0.15, 0.2) is 180 Å². The number of hydrogen-bond acceptors (Lipinski definition) is 3. The Bertz CT molecular complexity index is 2850. The van der Waals surface area contributed by atoms with Crippen LogP contribution in [-0.4, -0.2) is 14.5 Å². The lowest BCUT2D eigenvalue weighted by atomic mass is 10.00. The minimum absolute atomic E-state index is 0.669. The van der Waals surface area contributed by atoms with Crippen LogP contribution in [0.1, 0.15) is 0 Å². The molecule has 0 radical (unpaired) electrons. The SMILES string of the molecule is c1ccc(-c2cccc(-c3cc(-c4cccc5c4oc4c5ccc5c6ccccc6n(-c6ccccc6)c54)nc(-c4ccccc4)n3)c2)cc1. The molecule has 0 saturated carbocycles. The minimum Gasteiger partial charge on any atom is -0.453 e. The second kappa shape index (κ2) is 11.4. The fourth-order valence-electron chi connectivity index (χ4n) is 7.29. The van der Waals surface area contributed by atoms with E-state index in [1.54, 1.807) is 0 Å². The standard InChI is InChI=1S/C46H29N3O/c1-4-14-30(15-5-1)32-18-12-19-33(28-32)40-29-41(48-46(47-40)31-16-6-2-7-17-31)39-24-13-23-37-38-27-26-36-35-22-10-11-25-42(35)49(34-20-8-3-9-21-34)43(36)45(38)50-44(37)39/h1-29H. The van der Waals surface area contributed by atoms with Gasteiger partial charge in [0.15, 0.2) is 11.4 Å². The van der Waals surface area contributed by atoms with Gasteiger partial charge in [-0.25, -0.2) is 9.97 Å². The van der Waals surface area contributed by atoms with Crippen LogP contribution in [0.5, 0.6) is 0 Å². The monoisotopic (exact) mass is 639 g/mol. The van der Waals surface area contributed by atoms with E-state index in [1.807, 2.05) is 24.3 Å². The first-order valence-electron chi connectivity index (χ1n) is 16.8. The van der Waals surface area contributed by atoms with Crippen molar-refractivity contribution in [1.29, 1.82) is 0 Å². The summed E-state index contributed by atoms with van der Waals surface area (Å²) >= 11 is 0. The van der Waals surface area contributed by atoms with E-state index in [9.17, 15) is 0 Å². The molecule has 234 valence electrons. The summed E-state index contributed by atoms with van der Waals surface area (Å²) in [5, 5.41) is 4.48. The number of benzene rings is 7. The predicted octanol–water partition coefficient (Wildman–Crippen LogP) is 12.1. The van der Waals surface area contributed by atoms with Crippen LogP contribution in [0.3, 0.4) is 0 Å². The van der Waals surface area contributed by atoms with Crippen LogP contribution in [0.4, 0.5) is 0 Å². The fourth-order valence-corrected chi connectivity index (χ4v) is 7.29. The zero-order chi connectivity index (χ0) is 33.0. The topological polar surface area (TPSA) is 43.9 Å². The summed E-state index contributed by atoms with van der Waals surface area (Å²) in [4.78, 5) is 10.3. The molecule has 50 heavy (non-hydrogen) atoms. The molecule has 0 unspecified atom stereocenters. The van der Waals surface area contributed by atoms with E-state index in [0.29, 0.717) is 5.82 Å². The summed E-state index contributed by atoms with van der Waals surface area (Å²) in [7, 11) is 0. The molecule has 0 aliphatic rings. The molecule has 0 fully saturated rings. The van der Waals surface area contributed by atoms with E-state index in [0.717, 1.165) is 83.3 Å². The average Bonchev–Trinajstić information content (AvgIpc) is 3.75. The molecule has 4 heteroatoms. The van der Waals surface area contributed by atoms with Gasteiger partial charge in [0.25, 0.3) is 0 Å². The first-order chi connectivity index (χ1) is 24.8. The minimum atomic E-state index is 0.669. The highest BCUT2D eigenvalue weighted by Gasteiger charge is 2.21. The molecule has 7 aromatic carbocycles. The molecule has 0 atom stereocenters. The van der Waals surface area contributed by atoms with Gasteiger partial charge in [-0.1, -0.05) is 133 Å². The van der Waals surface area contributed by atoms with Crippen LogP contribution in [-0.2, 0) is 0 Å². The van der Waals surface area contributed by atoms with Crippen LogP contribution >= 0.6 is 0 Å². The Morgan fingerprint density at radius 3 is 1.82 bits per heavy atom. The van der Waals surface area contributed by atoms with Crippen molar-refractivity contribution in [3.63, 3.8) is 0 Å². The second-order valence-corrected chi connectivity index (χ2v) is 12.6. The van der Waals surface area contributed by atoms with Gasteiger partial charge in [-0.2, -0.15) is 0 Å². The lowest BCUT2D eigenvalue weighted by Crippen LogP contribution is -1.96. The molecule has 10 aromatic rings. The molecule has 0 N–H and O–H groups in total. The molecule has 0 amide bonds. The molecule has 3 aromatic heterocycles. The number of aromatic nitrogens is 3. The molecule has 0 aliphatic carbocycles. The Morgan fingerprint density at radius 2 is 1.00 bits per heavy atom. The van der Waals surface area contributed by atoms with Gasteiger partial charge in [0.05, 0.1) is 22.4 Å². The number of rotatable bonds is 5. The average molecular weight is 640 g/mol. The van der Waals surface area contributed by atoms with Gasteiger partial charge in [0.1, 0.15) is 5.58 Å². The number of fused-ring (bicyclic) bond motifs is 7. The Morgan fingerprint density at radius 1 is 0.400 bits per heavy atom. The van der Waals surface area contributed by atoms with E-state index in [-0.39, 0.29) is 0 Å². The number of furan rings is 1. The summed E-state index contributed by atoms with van der Waals surface area (Å²) in [5.41, 5.74) is 11.8. The molecular weight excluding hydrogens is 611 g/mol. The van der Waals surface area contributed by atoms with E-state index in [4.69, 9.17) is 14.4 Å². The maximum absolute atomic E-state index is 7.03. The van der Waals surface area contributed by atoms with Crippen molar-refractivity contribution in [3.05, 3.63) is 176 Å². The highest BCUT2D eigenvalue weighted by molar-refractivity contribution is 6.22. The Hall–Kier alpha value is -6.78. The number of hydrogen-bond donors (Lipinski definition) is 0. The van der Waals surface area contributed by atoms with Crippen molar-refractivity contribution in [1.82, 2.24) is 14.5 Å². The summed E-state index contributed by atoms with van der Waals surface area (Å²) in [5.74, 6) is 0.669. The molecule has 0 aliphatic heterocycles. The third-order valence-electron chi connectivity index (χ3n) is 9.61. The zero-order valence-corrected chi connectivity index (χ0v) is 27.0. The Balaban J connectivity index is 1.23. The maximum Gasteiger partial charge on any atom is 0.160 e. The first kappa shape index (κ1) is 28.3. The third kappa shape index (κ3) is 4.54. The molecule has 0 saturated heterocycles. The second-order valence-electron chi connectivity index (χ2n) is 12.6. The van der Waals surface area contributed by atoms with Crippen molar-refractivity contribution >= 4 is 43.7 Å². The van der Waals surface area contributed by atoms with Gasteiger partial charge < -0.3 is 8.98 Å². The molecule has 3 heterocycles. The van der Waals surface area contributed by atoms with E-state index < -0.39 is 0 Å². The molecule has 10 rings (SSSR count).